The molecule has 72 valence electrons. The van der Waals surface area contributed by atoms with Gasteiger partial charge in [-0.2, -0.15) is 0 Å². The second kappa shape index (κ2) is 6.31. The lowest BCUT2D eigenvalue weighted by Crippen LogP contribution is -2.17. The van der Waals surface area contributed by atoms with Crippen LogP contribution in [0.1, 0.15) is 20.8 Å². The third-order valence-corrected chi connectivity index (χ3v) is 2.25. The van der Waals surface area contributed by atoms with E-state index in [9.17, 15) is 4.79 Å². The smallest absolute Gasteiger partial charge is 0.367 e. The van der Waals surface area contributed by atoms with Crippen molar-refractivity contribution in [3.8, 4) is 0 Å². The molecule has 0 aromatic heterocycles. The van der Waals surface area contributed by atoms with Crippen LogP contribution in [0.3, 0.4) is 0 Å². The van der Waals surface area contributed by atoms with Crippen molar-refractivity contribution in [2.75, 3.05) is 12.4 Å². The van der Waals surface area contributed by atoms with E-state index in [-0.39, 0.29) is 18.0 Å². The predicted octanol–water partition coefficient (Wildman–Crippen LogP) is 1.89. The second-order valence-electron chi connectivity index (χ2n) is 2.89. The number of ether oxygens (including phenoxy) is 1. The molecular formula is C8H16O3S. The monoisotopic (exact) mass is 192 g/mol. The highest BCUT2D eigenvalue weighted by molar-refractivity contribution is 8.13. The third-order valence-electron chi connectivity index (χ3n) is 1.53. The van der Waals surface area contributed by atoms with Crippen LogP contribution < -0.4 is 0 Å². The lowest BCUT2D eigenvalue weighted by molar-refractivity contribution is 0.105. The first-order valence-corrected chi connectivity index (χ1v) is 5.00. The van der Waals surface area contributed by atoms with Crippen LogP contribution in [0.15, 0.2) is 0 Å². The number of carbonyl (C=O) groups excluding carboxylic acids is 1. The summed E-state index contributed by atoms with van der Waals surface area (Å²) in [6.45, 7) is 5.86. The molecule has 0 aromatic carbocycles. The van der Waals surface area contributed by atoms with Gasteiger partial charge in [-0.05, 0) is 24.6 Å². The van der Waals surface area contributed by atoms with Gasteiger partial charge in [-0.3, -0.25) is 0 Å². The predicted molar refractivity (Wildman–Crippen MR) is 50.3 cm³/mol. The summed E-state index contributed by atoms with van der Waals surface area (Å²) in [5.41, 5.74) is 0. The number of carbonyl (C=O) groups is 1. The molecule has 0 fully saturated rings. The molecule has 1 N–H and O–H groups in total. The normalized spacial score (nSPS) is 13.1. The summed E-state index contributed by atoms with van der Waals surface area (Å²) in [5.74, 6) is 0.743. The minimum atomic E-state index is -0.301. The Morgan fingerprint density at radius 3 is 2.50 bits per heavy atom. The van der Waals surface area contributed by atoms with Crippen molar-refractivity contribution in [1.29, 1.82) is 0 Å². The van der Waals surface area contributed by atoms with Crippen molar-refractivity contribution in [1.82, 2.24) is 0 Å². The van der Waals surface area contributed by atoms with Gasteiger partial charge in [-0.25, -0.2) is 4.79 Å². The zero-order valence-electron chi connectivity index (χ0n) is 7.74. The van der Waals surface area contributed by atoms with Gasteiger partial charge in [0.05, 0.1) is 6.61 Å². The Kier molecular flexibility index (Phi) is 6.20. The van der Waals surface area contributed by atoms with Crippen LogP contribution in [0.25, 0.3) is 0 Å². The molecule has 0 spiro atoms. The van der Waals surface area contributed by atoms with Crippen molar-refractivity contribution in [2.45, 2.75) is 26.9 Å². The molecule has 0 heterocycles. The molecule has 0 bridgehead atoms. The highest BCUT2D eigenvalue weighted by Crippen LogP contribution is 2.11. The van der Waals surface area contributed by atoms with Gasteiger partial charge in [0.1, 0.15) is 6.10 Å². The fraction of sp³-hybridized carbons (Fsp3) is 0.875. The standard InChI is InChI=1S/C8H16O3S/c1-6(2)7(3)11-8(10)12-5-4-9/h6-7,9H,4-5H2,1-3H3/t7-/m0/s1. The van der Waals surface area contributed by atoms with Crippen LogP contribution in [0.4, 0.5) is 4.79 Å². The summed E-state index contributed by atoms with van der Waals surface area (Å²) in [7, 11) is 0. The molecule has 4 heteroatoms. The molecule has 1 atom stereocenters. The van der Waals surface area contributed by atoms with E-state index in [1.807, 2.05) is 20.8 Å². The van der Waals surface area contributed by atoms with E-state index in [4.69, 9.17) is 9.84 Å². The van der Waals surface area contributed by atoms with Crippen molar-refractivity contribution >= 4 is 17.1 Å². The Morgan fingerprint density at radius 2 is 2.08 bits per heavy atom. The first kappa shape index (κ1) is 11.8. The second-order valence-corrected chi connectivity index (χ2v) is 3.92. The fourth-order valence-corrected chi connectivity index (χ4v) is 0.929. The van der Waals surface area contributed by atoms with E-state index in [0.29, 0.717) is 11.7 Å². The molecule has 0 saturated heterocycles. The van der Waals surface area contributed by atoms with E-state index in [1.165, 1.54) is 0 Å². The molecule has 0 aliphatic rings. The lowest BCUT2D eigenvalue weighted by atomic mass is 10.1. The van der Waals surface area contributed by atoms with Gasteiger partial charge in [0.25, 0.3) is 0 Å². The van der Waals surface area contributed by atoms with Crippen LogP contribution in [-0.4, -0.2) is 28.9 Å². The van der Waals surface area contributed by atoms with Crippen LogP contribution in [-0.2, 0) is 4.74 Å². The summed E-state index contributed by atoms with van der Waals surface area (Å²) in [6.07, 6.45) is -0.0521. The van der Waals surface area contributed by atoms with Crippen molar-refractivity contribution in [2.24, 2.45) is 5.92 Å². The van der Waals surface area contributed by atoms with Gasteiger partial charge >= 0.3 is 5.30 Å². The molecule has 0 aliphatic carbocycles. The Labute approximate surface area is 77.5 Å². The fourth-order valence-electron chi connectivity index (χ4n) is 0.451. The first-order chi connectivity index (χ1) is 5.57. The largest absolute Gasteiger partial charge is 0.454 e. The summed E-state index contributed by atoms with van der Waals surface area (Å²) < 4.78 is 5.03. The minimum absolute atomic E-state index is 0.00975. The molecule has 0 amide bonds. The Hall–Kier alpha value is -0.220. The molecule has 0 radical (unpaired) electrons. The van der Waals surface area contributed by atoms with E-state index in [2.05, 4.69) is 0 Å². The maximum atomic E-state index is 10.9. The molecule has 0 unspecified atom stereocenters. The Morgan fingerprint density at radius 1 is 1.50 bits per heavy atom. The average Bonchev–Trinajstić information content (AvgIpc) is 2.00. The zero-order valence-corrected chi connectivity index (χ0v) is 8.56. The molecular weight excluding hydrogens is 176 g/mol. The van der Waals surface area contributed by atoms with Crippen LogP contribution in [0.5, 0.6) is 0 Å². The van der Waals surface area contributed by atoms with Gasteiger partial charge in [0, 0.05) is 5.75 Å². The highest BCUT2D eigenvalue weighted by Gasteiger charge is 2.12. The maximum absolute atomic E-state index is 10.9. The minimum Gasteiger partial charge on any atom is -0.454 e. The van der Waals surface area contributed by atoms with E-state index < -0.39 is 0 Å². The lowest BCUT2D eigenvalue weighted by Gasteiger charge is -2.15. The molecule has 0 rings (SSSR count). The highest BCUT2D eigenvalue weighted by atomic mass is 32.2. The van der Waals surface area contributed by atoms with E-state index in [0.717, 1.165) is 11.8 Å². The first-order valence-electron chi connectivity index (χ1n) is 4.02. The molecule has 0 saturated carbocycles. The van der Waals surface area contributed by atoms with Gasteiger partial charge in [-0.1, -0.05) is 13.8 Å². The summed E-state index contributed by atoms with van der Waals surface area (Å²) in [6, 6.07) is 0. The topological polar surface area (TPSA) is 46.5 Å². The van der Waals surface area contributed by atoms with Gasteiger partial charge < -0.3 is 9.84 Å². The Bertz CT molecular complexity index is 136. The Balaban J connectivity index is 3.54. The van der Waals surface area contributed by atoms with Gasteiger partial charge in [-0.15, -0.1) is 0 Å². The number of thioether (sulfide) groups is 1. The number of aliphatic hydroxyl groups excluding tert-OH is 1. The van der Waals surface area contributed by atoms with Crippen molar-refractivity contribution < 1.29 is 14.6 Å². The summed E-state index contributed by atoms with van der Waals surface area (Å²) in [5, 5.41) is 8.13. The zero-order chi connectivity index (χ0) is 9.56. The number of hydrogen-bond donors (Lipinski definition) is 1. The SMILES string of the molecule is CC(C)[C@H](C)OC(=O)SCCO. The van der Waals surface area contributed by atoms with Crippen molar-refractivity contribution in [3.05, 3.63) is 0 Å². The molecule has 12 heavy (non-hydrogen) atoms. The van der Waals surface area contributed by atoms with Crippen LogP contribution in [0.2, 0.25) is 0 Å². The maximum Gasteiger partial charge on any atom is 0.367 e. The number of hydrogen-bond acceptors (Lipinski definition) is 4. The quantitative estimate of drug-likeness (QED) is 0.691. The third kappa shape index (κ3) is 5.43. The van der Waals surface area contributed by atoms with E-state index >= 15 is 0 Å². The average molecular weight is 192 g/mol. The van der Waals surface area contributed by atoms with E-state index in [1.54, 1.807) is 0 Å². The van der Waals surface area contributed by atoms with Crippen LogP contribution >= 0.6 is 11.8 Å². The number of aliphatic hydroxyl groups is 1. The van der Waals surface area contributed by atoms with Crippen molar-refractivity contribution in [3.63, 3.8) is 0 Å². The molecule has 0 aliphatic heterocycles. The summed E-state index contributed by atoms with van der Waals surface area (Å²) >= 11 is 1.01. The van der Waals surface area contributed by atoms with Gasteiger partial charge in [0.15, 0.2) is 0 Å². The molecule has 0 aromatic rings. The number of rotatable bonds is 4. The summed E-state index contributed by atoms with van der Waals surface area (Å²) in [4.78, 5) is 10.9. The van der Waals surface area contributed by atoms with Crippen LogP contribution in [0, 0.1) is 5.92 Å². The molecule has 3 nitrogen and oxygen atoms in total. The van der Waals surface area contributed by atoms with Gasteiger partial charge in [0.2, 0.25) is 0 Å².